The highest BCUT2D eigenvalue weighted by Crippen LogP contribution is 2.50. The van der Waals surface area contributed by atoms with Crippen LogP contribution in [0.2, 0.25) is 5.02 Å². The number of anilines is 1. The number of nitrogens with zero attached hydrogens (tertiary/aromatic N) is 2. The smallest absolute Gasteiger partial charge is 0.292 e. The molecule has 2 N–H and O–H groups in total. The second kappa shape index (κ2) is 17.0. The van der Waals surface area contributed by atoms with Crippen LogP contribution in [-0.2, 0) is 39.1 Å². The molecule has 2 aromatic carbocycles. The Kier molecular flexibility index (Phi) is 12.6. The van der Waals surface area contributed by atoms with Crippen molar-refractivity contribution in [1.82, 2.24) is 14.9 Å². The van der Waals surface area contributed by atoms with Gasteiger partial charge in [0.25, 0.3) is 5.91 Å². The highest BCUT2D eigenvalue weighted by atomic mass is 35.5. The molecular formula is C41H57ClN4O5S2. The standard InChI is InChI=1S/C41H57ClN4O5S2/c1-4-51-41(46-20-7-22-52(48)23-19-43-18-21-46)17-5-8-29(2)30(3)53(49)44-39(47)32-11-15-38-37(25-32)45(26-33-10-13-36(33)41)27-40(28-50-38)16-6-9-31-24-34(42)12-14-35(31)40/h5,11-12,14-15,17,24-25,29-30,33,36,43H,4,6-10,13,16,18-23,26-28H2,1-3H3,(H,44,47)/b17-5+/t29?,30?,33?,36?,40-,41+,52?,53?/m0/s1. The first-order chi connectivity index (χ1) is 25.6. The van der Waals surface area contributed by atoms with Gasteiger partial charge in [0.05, 0.1) is 23.7 Å². The lowest BCUT2D eigenvalue weighted by molar-refractivity contribution is -0.187. The fraction of sp³-hybridized carbons (Fsp3) is 0.634. The van der Waals surface area contributed by atoms with E-state index >= 15 is 0 Å². The van der Waals surface area contributed by atoms with Gasteiger partial charge in [0.1, 0.15) is 28.2 Å². The average Bonchev–Trinajstić information content (AvgIpc) is 3.28. The van der Waals surface area contributed by atoms with Crippen molar-refractivity contribution < 1.29 is 23.4 Å². The van der Waals surface area contributed by atoms with Crippen molar-refractivity contribution in [2.75, 3.05) is 68.9 Å². The van der Waals surface area contributed by atoms with Crippen molar-refractivity contribution in [3.63, 3.8) is 0 Å². The number of amides is 1. The average molecular weight is 786 g/mol. The minimum Gasteiger partial charge on any atom is -0.616 e. The van der Waals surface area contributed by atoms with Crippen molar-refractivity contribution in [1.29, 1.82) is 0 Å². The molecule has 3 aliphatic heterocycles. The summed E-state index contributed by atoms with van der Waals surface area (Å²) in [6, 6.07) is 12.0. The molecule has 3 heterocycles. The number of hydrogen-bond acceptors (Lipinski definition) is 8. The predicted molar refractivity (Wildman–Crippen MR) is 216 cm³/mol. The van der Waals surface area contributed by atoms with Crippen LogP contribution in [0.25, 0.3) is 0 Å². The number of halogens is 1. The number of allylic oxidation sites excluding steroid dienone is 1. The van der Waals surface area contributed by atoms with Gasteiger partial charge in [-0.2, -0.15) is 4.72 Å². The summed E-state index contributed by atoms with van der Waals surface area (Å²) >= 11 is 4.11. The summed E-state index contributed by atoms with van der Waals surface area (Å²) in [5.74, 6) is 2.40. The first-order valence-electron chi connectivity index (χ1n) is 19.8. The van der Waals surface area contributed by atoms with Crippen LogP contribution in [0, 0.1) is 17.8 Å². The molecule has 2 aliphatic carbocycles. The van der Waals surface area contributed by atoms with Gasteiger partial charge in [0, 0.05) is 80.1 Å². The Morgan fingerprint density at radius 1 is 1.08 bits per heavy atom. The number of aryl methyl sites for hydroxylation is 1. The van der Waals surface area contributed by atoms with E-state index in [1.54, 1.807) is 6.07 Å². The van der Waals surface area contributed by atoms with Gasteiger partial charge in [-0.1, -0.05) is 41.8 Å². The van der Waals surface area contributed by atoms with Crippen LogP contribution in [-0.4, -0.2) is 94.9 Å². The van der Waals surface area contributed by atoms with E-state index in [-0.39, 0.29) is 28.4 Å². The molecule has 1 amide bonds. The third-order valence-electron chi connectivity index (χ3n) is 12.6. The van der Waals surface area contributed by atoms with Crippen molar-refractivity contribution in [2.24, 2.45) is 17.8 Å². The molecule has 290 valence electrons. The first kappa shape index (κ1) is 39.3. The molecule has 1 saturated carbocycles. The van der Waals surface area contributed by atoms with Crippen molar-refractivity contribution in [3.8, 4) is 5.75 Å². The molecule has 53 heavy (non-hydrogen) atoms. The largest absolute Gasteiger partial charge is 0.616 e. The van der Waals surface area contributed by atoms with Crippen molar-refractivity contribution in [3.05, 3.63) is 70.3 Å². The van der Waals surface area contributed by atoms with Crippen molar-refractivity contribution >= 4 is 45.7 Å². The second-order valence-corrected chi connectivity index (χ2v) is 19.6. The molecule has 5 aliphatic rings. The zero-order valence-electron chi connectivity index (χ0n) is 31.6. The van der Waals surface area contributed by atoms with Crippen LogP contribution in [0.1, 0.15) is 80.8 Å². The lowest BCUT2D eigenvalue weighted by Gasteiger charge is -2.55. The fourth-order valence-electron chi connectivity index (χ4n) is 9.41. The molecule has 12 heteroatoms. The molecule has 2 aromatic rings. The summed E-state index contributed by atoms with van der Waals surface area (Å²) in [7, 11) is 0. The van der Waals surface area contributed by atoms with Crippen LogP contribution in [0.4, 0.5) is 5.69 Å². The van der Waals surface area contributed by atoms with E-state index < -0.39 is 28.3 Å². The van der Waals surface area contributed by atoms with Gasteiger partial charge in [0.2, 0.25) is 0 Å². The van der Waals surface area contributed by atoms with Crippen LogP contribution in [0.15, 0.2) is 48.6 Å². The molecule has 2 bridgehead atoms. The summed E-state index contributed by atoms with van der Waals surface area (Å²) < 4.78 is 43.0. The Morgan fingerprint density at radius 2 is 1.94 bits per heavy atom. The van der Waals surface area contributed by atoms with Gasteiger partial charge in [0.15, 0.2) is 0 Å². The number of fused-ring (bicyclic) bond motifs is 4. The van der Waals surface area contributed by atoms with E-state index in [4.69, 9.17) is 21.1 Å². The molecule has 6 unspecified atom stereocenters. The van der Waals surface area contributed by atoms with Gasteiger partial charge in [-0.25, -0.2) is 0 Å². The summed E-state index contributed by atoms with van der Waals surface area (Å²) in [6.07, 6.45) is 11.3. The van der Waals surface area contributed by atoms with Gasteiger partial charge in [-0.05, 0) is 106 Å². The van der Waals surface area contributed by atoms with Crippen LogP contribution in [0.5, 0.6) is 5.75 Å². The molecule has 8 atom stereocenters. The Morgan fingerprint density at radius 3 is 2.75 bits per heavy atom. The molecule has 7 rings (SSSR count). The molecule has 1 spiro atoms. The monoisotopic (exact) mass is 784 g/mol. The highest BCUT2D eigenvalue weighted by molar-refractivity contribution is 7.91. The van der Waals surface area contributed by atoms with E-state index in [1.165, 1.54) is 11.1 Å². The van der Waals surface area contributed by atoms with Crippen LogP contribution < -0.4 is 19.7 Å². The Labute approximate surface area is 327 Å². The van der Waals surface area contributed by atoms with Gasteiger partial charge < -0.3 is 28.8 Å². The van der Waals surface area contributed by atoms with E-state index in [2.05, 4.69) is 58.0 Å². The number of ether oxygens (including phenoxy) is 2. The molecular weight excluding hydrogens is 728 g/mol. The first-order valence-corrected chi connectivity index (χ1v) is 22.8. The topological polar surface area (TPSA) is 112 Å². The summed E-state index contributed by atoms with van der Waals surface area (Å²) in [5, 5.41) is 4.05. The van der Waals surface area contributed by atoms with E-state index in [0.717, 1.165) is 94.3 Å². The summed E-state index contributed by atoms with van der Waals surface area (Å²) in [5.41, 5.74) is 3.09. The lowest BCUT2D eigenvalue weighted by atomic mass is 9.66. The number of carbonyl (C=O) groups is 1. The Hall–Kier alpha value is -1.96. The Bertz CT molecular complexity index is 1630. The number of hydrogen-bond donors (Lipinski definition) is 2. The Balaban J connectivity index is 1.31. The van der Waals surface area contributed by atoms with Crippen molar-refractivity contribution in [2.45, 2.75) is 82.1 Å². The van der Waals surface area contributed by atoms with E-state index in [0.29, 0.717) is 42.6 Å². The number of nitrogens with one attached hydrogen (secondary N) is 2. The van der Waals surface area contributed by atoms with Crippen LogP contribution in [0.3, 0.4) is 0 Å². The van der Waals surface area contributed by atoms with Gasteiger partial charge >= 0.3 is 0 Å². The number of benzene rings is 2. The maximum absolute atomic E-state index is 13.7. The number of carbonyl (C=O) groups excluding carboxylic acids is 1. The SMILES string of the molecule is CCO[C@]1(N2CCC[S+]([O-])CCNCC2)/C=C/CC(C)C(C)[S+]([O-])NC(=O)c2ccc3c(c2)N(CC2CCC21)C[C@@]1(CCCc2cc(Cl)ccc21)CO3. The third kappa shape index (κ3) is 8.29. The van der Waals surface area contributed by atoms with Gasteiger partial charge in [-0.3, -0.25) is 9.69 Å². The van der Waals surface area contributed by atoms with Gasteiger partial charge in [-0.15, -0.1) is 0 Å². The maximum atomic E-state index is 13.7. The van der Waals surface area contributed by atoms with E-state index in [9.17, 15) is 13.9 Å². The summed E-state index contributed by atoms with van der Waals surface area (Å²) in [6.45, 7) is 12.0. The minimum atomic E-state index is -1.58. The molecule has 9 nitrogen and oxygen atoms in total. The molecule has 0 radical (unpaired) electrons. The quantitative estimate of drug-likeness (QED) is 0.289. The predicted octanol–water partition coefficient (Wildman–Crippen LogP) is 5.99. The molecule has 0 aromatic heterocycles. The van der Waals surface area contributed by atoms with Crippen LogP contribution >= 0.6 is 11.6 Å². The number of rotatable bonds is 3. The minimum absolute atomic E-state index is 0.0558. The zero-order valence-corrected chi connectivity index (χ0v) is 34.0. The summed E-state index contributed by atoms with van der Waals surface area (Å²) in [4.78, 5) is 18.7. The second-order valence-electron chi connectivity index (χ2n) is 15.9. The third-order valence-corrected chi connectivity index (χ3v) is 15.8. The molecule has 2 fully saturated rings. The van der Waals surface area contributed by atoms with E-state index in [1.807, 2.05) is 25.1 Å². The zero-order chi connectivity index (χ0) is 37.2. The lowest BCUT2D eigenvalue weighted by Crippen LogP contribution is -2.62. The maximum Gasteiger partial charge on any atom is 0.292 e. The normalized spacial score (nSPS) is 35.1. The highest BCUT2D eigenvalue weighted by Gasteiger charge is 2.52. The fourth-order valence-corrected chi connectivity index (χ4v) is 11.7. The molecule has 1 saturated heterocycles.